The monoisotopic (exact) mass is 373 g/mol. The average molecular weight is 373 g/mol. The fourth-order valence-corrected chi connectivity index (χ4v) is 3.87. The van der Waals surface area contributed by atoms with Crippen LogP contribution in [-0.4, -0.2) is 15.5 Å². The number of imidazole rings is 1. The van der Waals surface area contributed by atoms with E-state index in [2.05, 4.69) is 17.4 Å². The van der Waals surface area contributed by atoms with E-state index < -0.39 is 0 Å². The molecule has 4 rings (SSSR count). The zero-order valence-corrected chi connectivity index (χ0v) is 15.5. The summed E-state index contributed by atoms with van der Waals surface area (Å²) in [7, 11) is 0. The number of benzene rings is 3. The zero-order valence-electron chi connectivity index (χ0n) is 14.7. The summed E-state index contributed by atoms with van der Waals surface area (Å²) < 4.78 is 1.99. The van der Waals surface area contributed by atoms with E-state index in [0.29, 0.717) is 0 Å². The number of anilines is 1. The van der Waals surface area contributed by atoms with Crippen LogP contribution in [0.3, 0.4) is 0 Å². The summed E-state index contributed by atoms with van der Waals surface area (Å²) >= 11 is 1.65. The predicted octanol–water partition coefficient (Wildman–Crippen LogP) is 4.97. The Hall–Kier alpha value is -3.05. The summed E-state index contributed by atoms with van der Waals surface area (Å²) in [5, 5.41) is 3.80. The predicted molar refractivity (Wildman–Crippen MR) is 111 cm³/mol. The van der Waals surface area contributed by atoms with Crippen molar-refractivity contribution < 1.29 is 4.79 Å². The Morgan fingerprint density at radius 3 is 2.33 bits per heavy atom. The largest absolute Gasteiger partial charge is 0.325 e. The molecule has 0 atom stereocenters. The molecular weight excluding hydrogens is 354 g/mol. The third kappa shape index (κ3) is 4.20. The van der Waals surface area contributed by atoms with Gasteiger partial charge in [0.05, 0.1) is 11.0 Å². The van der Waals surface area contributed by atoms with Gasteiger partial charge in [0.15, 0.2) is 5.16 Å². The fraction of sp³-hybridized carbons (Fsp3) is 0.0909. The quantitative estimate of drug-likeness (QED) is 0.486. The molecule has 134 valence electrons. The van der Waals surface area contributed by atoms with Crippen LogP contribution in [0.2, 0.25) is 0 Å². The maximum atomic E-state index is 12.6. The Labute approximate surface area is 162 Å². The molecule has 0 aliphatic heterocycles. The van der Waals surface area contributed by atoms with Crippen LogP contribution in [0.25, 0.3) is 11.0 Å². The first-order valence-corrected chi connectivity index (χ1v) is 9.75. The Bertz CT molecular complexity index is 1050. The number of aromatic nitrogens is 2. The van der Waals surface area contributed by atoms with E-state index in [4.69, 9.17) is 4.98 Å². The van der Waals surface area contributed by atoms with Gasteiger partial charge in [-0.2, -0.15) is 0 Å². The number of carbonyl (C=O) groups excluding carboxylic acids is 1. The lowest BCUT2D eigenvalue weighted by molar-refractivity contribution is -0.116. The minimum atomic E-state index is -0.0640. The van der Waals surface area contributed by atoms with Gasteiger partial charge in [0.25, 0.3) is 0 Å². The van der Waals surface area contributed by atoms with Crippen LogP contribution in [0.1, 0.15) is 5.56 Å². The molecule has 5 heteroatoms. The van der Waals surface area contributed by atoms with Crippen molar-refractivity contribution in [2.24, 2.45) is 0 Å². The van der Waals surface area contributed by atoms with Gasteiger partial charge in [-0.3, -0.25) is 4.79 Å². The molecule has 0 spiro atoms. The highest BCUT2D eigenvalue weighted by Crippen LogP contribution is 2.27. The lowest BCUT2D eigenvalue weighted by Gasteiger charge is -2.10. The standard InChI is InChI=1S/C22H19N3OS/c26-21(23-18-11-5-2-6-12-18)15-25-20-14-8-7-13-19(20)24-22(25)27-16-17-9-3-1-4-10-17/h1-14H,15-16H2,(H,23,26). The summed E-state index contributed by atoms with van der Waals surface area (Å²) in [6.45, 7) is 0.229. The van der Waals surface area contributed by atoms with Crippen LogP contribution in [0.5, 0.6) is 0 Å². The van der Waals surface area contributed by atoms with E-state index >= 15 is 0 Å². The number of rotatable bonds is 6. The number of nitrogens with one attached hydrogen (secondary N) is 1. The molecule has 4 aromatic rings. The molecule has 0 saturated carbocycles. The smallest absolute Gasteiger partial charge is 0.244 e. The van der Waals surface area contributed by atoms with Crippen LogP contribution in [0.4, 0.5) is 5.69 Å². The van der Waals surface area contributed by atoms with Gasteiger partial charge in [0, 0.05) is 11.4 Å². The van der Waals surface area contributed by atoms with Gasteiger partial charge in [0.2, 0.25) is 5.91 Å². The van der Waals surface area contributed by atoms with E-state index in [1.54, 1.807) is 11.8 Å². The molecule has 0 unspecified atom stereocenters. The number of nitrogens with zero attached hydrogens (tertiary/aromatic N) is 2. The summed E-state index contributed by atoms with van der Waals surface area (Å²) in [4.78, 5) is 17.3. The molecule has 0 fully saturated rings. The SMILES string of the molecule is O=C(Cn1c(SCc2ccccc2)nc2ccccc21)Nc1ccccc1. The highest BCUT2D eigenvalue weighted by atomic mass is 32.2. The molecule has 0 aliphatic rings. The van der Waals surface area contributed by atoms with Crippen LogP contribution >= 0.6 is 11.8 Å². The van der Waals surface area contributed by atoms with Crippen LogP contribution < -0.4 is 5.32 Å². The number of carbonyl (C=O) groups is 1. The summed E-state index contributed by atoms with van der Waals surface area (Å²) in [6, 6.07) is 27.7. The number of fused-ring (bicyclic) bond motifs is 1. The lowest BCUT2D eigenvalue weighted by Crippen LogP contribution is -2.19. The molecule has 1 amide bonds. The molecule has 0 radical (unpaired) electrons. The minimum Gasteiger partial charge on any atom is -0.325 e. The maximum Gasteiger partial charge on any atom is 0.244 e. The van der Waals surface area contributed by atoms with E-state index in [1.165, 1.54) is 5.56 Å². The van der Waals surface area contributed by atoms with Gasteiger partial charge in [-0.25, -0.2) is 4.98 Å². The molecule has 0 aliphatic carbocycles. The molecule has 0 saturated heterocycles. The Kier molecular flexibility index (Phi) is 5.21. The Morgan fingerprint density at radius 2 is 1.56 bits per heavy atom. The van der Waals surface area contributed by atoms with Crippen molar-refractivity contribution in [3.63, 3.8) is 0 Å². The molecular formula is C22H19N3OS. The number of hydrogen-bond acceptors (Lipinski definition) is 3. The highest BCUT2D eigenvalue weighted by molar-refractivity contribution is 7.98. The third-order valence-corrected chi connectivity index (χ3v) is 5.24. The molecule has 3 aromatic carbocycles. The molecule has 0 bridgehead atoms. The molecule has 1 heterocycles. The second-order valence-electron chi connectivity index (χ2n) is 6.16. The average Bonchev–Trinajstić information content (AvgIpc) is 3.05. The first-order chi connectivity index (χ1) is 13.3. The van der Waals surface area contributed by atoms with Gasteiger partial charge in [-0.1, -0.05) is 72.4 Å². The highest BCUT2D eigenvalue weighted by Gasteiger charge is 2.14. The normalized spacial score (nSPS) is 10.8. The van der Waals surface area contributed by atoms with Crippen LogP contribution in [0.15, 0.2) is 90.1 Å². The van der Waals surface area contributed by atoms with Crippen molar-refractivity contribution in [1.29, 1.82) is 0 Å². The van der Waals surface area contributed by atoms with E-state index in [0.717, 1.165) is 27.6 Å². The van der Waals surface area contributed by atoms with Crippen molar-refractivity contribution in [3.05, 3.63) is 90.5 Å². The van der Waals surface area contributed by atoms with Gasteiger partial charge in [-0.05, 0) is 29.8 Å². The lowest BCUT2D eigenvalue weighted by atomic mass is 10.2. The summed E-state index contributed by atoms with van der Waals surface area (Å²) in [5.74, 6) is 0.746. The fourth-order valence-electron chi connectivity index (χ4n) is 2.90. The number of amides is 1. The Balaban J connectivity index is 1.57. The summed E-state index contributed by atoms with van der Waals surface area (Å²) in [6.07, 6.45) is 0. The second-order valence-corrected chi connectivity index (χ2v) is 7.10. The van der Waals surface area contributed by atoms with Gasteiger partial charge in [0.1, 0.15) is 6.54 Å². The van der Waals surface area contributed by atoms with Crippen molar-refractivity contribution >= 4 is 34.4 Å². The first kappa shape index (κ1) is 17.4. The van der Waals surface area contributed by atoms with E-state index in [9.17, 15) is 4.79 Å². The van der Waals surface area contributed by atoms with E-state index in [-0.39, 0.29) is 12.5 Å². The minimum absolute atomic E-state index is 0.0640. The van der Waals surface area contributed by atoms with Gasteiger partial charge < -0.3 is 9.88 Å². The number of hydrogen-bond donors (Lipinski definition) is 1. The van der Waals surface area contributed by atoms with Crippen LogP contribution in [0, 0.1) is 0 Å². The van der Waals surface area contributed by atoms with Gasteiger partial charge >= 0.3 is 0 Å². The molecule has 1 N–H and O–H groups in total. The molecule has 4 nitrogen and oxygen atoms in total. The van der Waals surface area contributed by atoms with Crippen molar-refractivity contribution in [2.45, 2.75) is 17.5 Å². The third-order valence-electron chi connectivity index (χ3n) is 4.19. The second kappa shape index (κ2) is 8.10. The topological polar surface area (TPSA) is 46.9 Å². The van der Waals surface area contributed by atoms with Crippen molar-refractivity contribution in [3.8, 4) is 0 Å². The zero-order chi connectivity index (χ0) is 18.5. The first-order valence-electron chi connectivity index (χ1n) is 8.76. The summed E-state index contributed by atoms with van der Waals surface area (Å²) in [5.41, 5.74) is 3.90. The van der Waals surface area contributed by atoms with Crippen LogP contribution in [-0.2, 0) is 17.1 Å². The number of para-hydroxylation sites is 3. The molecule has 27 heavy (non-hydrogen) atoms. The van der Waals surface area contributed by atoms with Crippen molar-refractivity contribution in [1.82, 2.24) is 9.55 Å². The van der Waals surface area contributed by atoms with Gasteiger partial charge in [-0.15, -0.1) is 0 Å². The van der Waals surface area contributed by atoms with Crippen molar-refractivity contribution in [2.75, 3.05) is 5.32 Å². The van der Waals surface area contributed by atoms with E-state index in [1.807, 2.05) is 77.4 Å². The molecule has 1 aromatic heterocycles. The number of thioether (sulfide) groups is 1. The maximum absolute atomic E-state index is 12.6. The Morgan fingerprint density at radius 1 is 0.889 bits per heavy atom.